The van der Waals surface area contributed by atoms with E-state index in [2.05, 4.69) is 10.9 Å². The minimum atomic E-state index is -0.737. The Morgan fingerprint density at radius 2 is 1.43 bits per heavy atom. The second kappa shape index (κ2) is 6.15. The first-order valence-electron chi connectivity index (χ1n) is 5.86. The number of carbonyl (C=O) groups excluding carboxylic acids is 2. The SMILES string of the molecule is O=C(NNC(=O)c1cc(Cl)ccc1O)c1ccccc1O. The van der Waals surface area contributed by atoms with Gasteiger partial charge in [-0.2, -0.15) is 0 Å². The molecule has 0 unspecified atom stereocenters. The van der Waals surface area contributed by atoms with Gasteiger partial charge in [0.15, 0.2) is 0 Å². The first-order valence-corrected chi connectivity index (χ1v) is 6.24. The molecule has 0 bridgehead atoms. The smallest absolute Gasteiger partial charge is 0.273 e. The summed E-state index contributed by atoms with van der Waals surface area (Å²) in [6, 6.07) is 9.83. The maximum Gasteiger partial charge on any atom is 0.273 e. The third kappa shape index (κ3) is 3.43. The molecule has 0 heterocycles. The zero-order chi connectivity index (χ0) is 15.4. The van der Waals surface area contributed by atoms with E-state index in [1.54, 1.807) is 12.1 Å². The van der Waals surface area contributed by atoms with Crippen LogP contribution in [0, 0.1) is 0 Å². The lowest BCUT2D eigenvalue weighted by atomic mass is 10.2. The van der Waals surface area contributed by atoms with Gasteiger partial charge in [0.1, 0.15) is 11.5 Å². The van der Waals surface area contributed by atoms with Gasteiger partial charge in [-0.05, 0) is 30.3 Å². The Kier molecular flexibility index (Phi) is 4.30. The van der Waals surface area contributed by atoms with E-state index in [1.165, 1.54) is 30.3 Å². The number of benzene rings is 2. The van der Waals surface area contributed by atoms with Gasteiger partial charge in [-0.1, -0.05) is 23.7 Å². The lowest BCUT2D eigenvalue weighted by molar-refractivity contribution is 0.0843. The fourth-order valence-electron chi connectivity index (χ4n) is 1.60. The molecule has 0 saturated carbocycles. The summed E-state index contributed by atoms with van der Waals surface area (Å²) in [7, 11) is 0. The highest BCUT2D eigenvalue weighted by Crippen LogP contribution is 2.21. The number of phenolic OH excluding ortho intramolecular Hbond substituents is 2. The number of halogens is 1. The van der Waals surface area contributed by atoms with Crippen LogP contribution >= 0.6 is 11.6 Å². The average molecular weight is 307 g/mol. The van der Waals surface area contributed by atoms with Crippen molar-refractivity contribution < 1.29 is 19.8 Å². The predicted molar refractivity (Wildman–Crippen MR) is 76.2 cm³/mol. The monoisotopic (exact) mass is 306 g/mol. The molecule has 0 aliphatic rings. The molecule has 0 atom stereocenters. The van der Waals surface area contributed by atoms with Crippen molar-refractivity contribution in [3.8, 4) is 11.5 Å². The number of hydrogen-bond donors (Lipinski definition) is 4. The van der Waals surface area contributed by atoms with Crippen LogP contribution in [0.5, 0.6) is 11.5 Å². The van der Waals surface area contributed by atoms with Crippen molar-refractivity contribution in [2.24, 2.45) is 0 Å². The van der Waals surface area contributed by atoms with E-state index in [0.29, 0.717) is 0 Å². The van der Waals surface area contributed by atoms with Gasteiger partial charge < -0.3 is 10.2 Å². The van der Waals surface area contributed by atoms with Crippen molar-refractivity contribution in [3.05, 3.63) is 58.6 Å². The van der Waals surface area contributed by atoms with Gasteiger partial charge in [0.25, 0.3) is 11.8 Å². The van der Waals surface area contributed by atoms with E-state index in [-0.39, 0.29) is 27.6 Å². The van der Waals surface area contributed by atoms with Crippen LogP contribution in [-0.2, 0) is 0 Å². The van der Waals surface area contributed by atoms with Gasteiger partial charge in [0.2, 0.25) is 0 Å². The third-order valence-corrected chi connectivity index (χ3v) is 2.88. The van der Waals surface area contributed by atoms with E-state index in [9.17, 15) is 19.8 Å². The summed E-state index contributed by atoms with van der Waals surface area (Å²) in [5.41, 5.74) is 4.18. The fourth-order valence-corrected chi connectivity index (χ4v) is 1.78. The van der Waals surface area contributed by atoms with E-state index in [4.69, 9.17) is 11.6 Å². The number of nitrogens with one attached hydrogen (secondary N) is 2. The molecule has 7 heteroatoms. The maximum atomic E-state index is 11.8. The molecule has 0 aliphatic heterocycles. The number of para-hydroxylation sites is 1. The molecule has 0 fully saturated rings. The lowest BCUT2D eigenvalue weighted by Crippen LogP contribution is -2.41. The summed E-state index contributed by atoms with van der Waals surface area (Å²) >= 11 is 5.73. The lowest BCUT2D eigenvalue weighted by Gasteiger charge is -2.09. The van der Waals surface area contributed by atoms with Crippen molar-refractivity contribution in [2.45, 2.75) is 0 Å². The Morgan fingerprint density at radius 3 is 2.10 bits per heavy atom. The highest BCUT2D eigenvalue weighted by Gasteiger charge is 2.14. The number of aromatic hydroxyl groups is 2. The van der Waals surface area contributed by atoms with Crippen LogP contribution in [0.15, 0.2) is 42.5 Å². The number of phenols is 2. The molecule has 0 radical (unpaired) electrons. The van der Waals surface area contributed by atoms with Crippen molar-refractivity contribution in [2.75, 3.05) is 0 Å². The summed E-state index contributed by atoms with van der Waals surface area (Å²) in [6.45, 7) is 0. The first-order chi connectivity index (χ1) is 9.99. The predicted octanol–water partition coefficient (Wildman–Crippen LogP) is 1.83. The van der Waals surface area contributed by atoms with Gasteiger partial charge in [0.05, 0.1) is 11.1 Å². The highest BCUT2D eigenvalue weighted by atomic mass is 35.5. The van der Waals surface area contributed by atoms with Crippen LogP contribution in [0.25, 0.3) is 0 Å². The van der Waals surface area contributed by atoms with Crippen LogP contribution in [0.2, 0.25) is 5.02 Å². The molecular weight excluding hydrogens is 296 g/mol. The van der Waals surface area contributed by atoms with E-state index < -0.39 is 11.8 Å². The number of amides is 2. The second-order valence-electron chi connectivity index (χ2n) is 4.09. The van der Waals surface area contributed by atoms with Crippen molar-refractivity contribution in [1.82, 2.24) is 10.9 Å². The number of hydrogen-bond acceptors (Lipinski definition) is 4. The van der Waals surface area contributed by atoms with Crippen LogP contribution < -0.4 is 10.9 Å². The van der Waals surface area contributed by atoms with Crippen LogP contribution in [-0.4, -0.2) is 22.0 Å². The zero-order valence-corrected chi connectivity index (χ0v) is 11.4. The van der Waals surface area contributed by atoms with Crippen LogP contribution in [0.1, 0.15) is 20.7 Å². The number of hydrazine groups is 1. The number of rotatable bonds is 2. The van der Waals surface area contributed by atoms with Crippen LogP contribution in [0.3, 0.4) is 0 Å². The largest absolute Gasteiger partial charge is 0.507 e. The van der Waals surface area contributed by atoms with Gasteiger partial charge in [-0.15, -0.1) is 0 Å². The van der Waals surface area contributed by atoms with Crippen LogP contribution in [0.4, 0.5) is 0 Å². The van der Waals surface area contributed by atoms with E-state index >= 15 is 0 Å². The molecule has 4 N–H and O–H groups in total. The molecule has 2 aromatic rings. The van der Waals surface area contributed by atoms with Gasteiger partial charge >= 0.3 is 0 Å². The average Bonchev–Trinajstić information content (AvgIpc) is 2.47. The Bertz CT molecular complexity index is 703. The van der Waals surface area contributed by atoms with Crippen molar-refractivity contribution in [1.29, 1.82) is 0 Å². The molecule has 0 saturated heterocycles. The Hall–Kier alpha value is -2.73. The first kappa shape index (κ1) is 14.7. The maximum absolute atomic E-state index is 11.8. The quantitative estimate of drug-likeness (QED) is 0.636. The molecule has 2 amide bonds. The van der Waals surface area contributed by atoms with Gasteiger partial charge in [-0.25, -0.2) is 0 Å². The fraction of sp³-hybridized carbons (Fsp3) is 0. The van der Waals surface area contributed by atoms with Crippen molar-refractivity contribution >= 4 is 23.4 Å². The van der Waals surface area contributed by atoms with Gasteiger partial charge in [-0.3, -0.25) is 20.4 Å². The Morgan fingerprint density at radius 1 is 0.857 bits per heavy atom. The van der Waals surface area contributed by atoms with E-state index in [1.807, 2.05) is 0 Å². The molecule has 0 aliphatic carbocycles. The summed E-state index contributed by atoms with van der Waals surface area (Å²) in [5.74, 6) is -1.91. The molecule has 108 valence electrons. The summed E-state index contributed by atoms with van der Waals surface area (Å²) in [4.78, 5) is 23.6. The van der Waals surface area contributed by atoms with E-state index in [0.717, 1.165) is 0 Å². The molecule has 0 spiro atoms. The molecule has 2 rings (SSSR count). The molecule has 2 aromatic carbocycles. The normalized spacial score (nSPS) is 9.95. The third-order valence-electron chi connectivity index (χ3n) is 2.64. The molecule has 6 nitrogen and oxygen atoms in total. The zero-order valence-electron chi connectivity index (χ0n) is 10.6. The molecule has 21 heavy (non-hydrogen) atoms. The second-order valence-corrected chi connectivity index (χ2v) is 4.52. The standard InChI is InChI=1S/C14H11ClN2O4/c15-8-5-6-12(19)10(7-8)14(21)17-16-13(20)9-3-1-2-4-11(9)18/h1-7,18-19H,(H,16,20)(H,17,21). The summed E-state index contributed by atoms with van der Waals surface area (Å²) in [6.07, 6.45) is 0. The van der Waals surface area contributed by atoms with Crippen molar-refractivity contribution in [3.63, 3.8) is 0 Å². The van der Waals surface area contributed by atoms with Gasteiger partial charge in [0, 0.05) is 5.02 Å². The highest BCUT2D eigenvalue weighted by molar-refractivity contribution is 6.31. The topological polar surface area (TPSA) is 98.7 Å². The molecular formula is C14H11ClN2O4. The molecule has 0 aromatic heterocycles. The minimum absolute atomic E-state index is 0.00751. The number of carbonyl (C=O) groups is 2. The summed E-state index contributed by atoms with van der Waals surface area (Å²) < 4.78 is 0. The Balaban J connectivity index is 2.06. The minimum Gasteiger partial charge on any atom is -0.507 e. The summed E-state index contributed by atoms with van der Waals surface area (Å²) in [5, 5.41) is 19.3. The Labute approximate surface area is 125 Å².